The Labute approximate surface area is 211 Å². The molecule has 3 aromatic rings. The minimum Gasteiger partial charge on any atom is -0.293 e. The van der Waals surface area contributed by atoms with Crippen molar-refractivity contribution in [2.75, 3.05) is 7.05 Å². The SMILES string of the molecule is CC1=CC=C[C@@]2(C1=O)C(c1ccccc1)=NC(N(C)S(=O)(=O)c1ccc(C)cc1)=C2c1ccccc1. The standard InChI is InChI=1S/C30H26N2O3S/c1-21-16-18-25(19-17-21)36(34,35)32(3)29-26(23-12-6-4-7-13-23)30(20-10-11-22(2)28(30)33)27(31-29)24-14-8-5-9-15-24/h4-20H,1-3H3/t30-/m0/s1. The maximum absolute atomic E-state index is 14.0. The summed E-state index contributed by atoms with van der Waals surface area (Å²) in [5, 5.41) is 0. The molecule has 1 aliphatic carbocycles. The van der Waals surface area contributed by atoms with Crippen LogP contribution in [0.5, 0.6) is 0 Å². The van der Waals surface area contributed by atoms with Crippen LogP contribution >= 0.6 is 0 Å². The number of aryl methyl sites for hydroxylation is 1. The second-order valence-electron chi connectivity index (χ2n) is 9.02. The van der Waals surface area contributed by atoms with Gasteiger partial charge in [0.2, 0.25) is 0 Å². The molecule has 0 bridgehead atoms. The number of ketones is 1. The predicted molar refractivity (Wildman–Crippen MR) is 143 cm³/mol. The molecule has 1 heterocycles. The van der Waals surface area contributed by atoms with Gasteiger partial charge in [-0.25, -0.2) is 13.4 Å². The average Bonchev–Trinajstić information content (AvgIpc) is 3.23. The first-order chi connectivity index (χ1) is 17.3. The number of benzene rings is 3. The van der Waals surface area contributed by atoms with E-state index in [2.05, 4.69) is 0 Å². The van der Waals surface area contributed by atoms with Gasteiger partial charge >= 0.3 is 0 Å². The Morgan fingerprint density at radius 1 is 0.806 bits per heavy atom. The minimum atomic E-state index is -3.95. The Bertz CT molecular complexity index is 1570. The average molecular weight is 495 g/mol. The van der Waals surface area contributed by atoms with Gasteiger partial charge in [0.05, 0.1) is 10.6 Å². The zero-order valence-electron chi connectivity index (χ0n) is 20.3. The molecule has 0 saturated carbocycles. The number of Topliss-reactive ketones (excluding diaryl/α,β-unsaturated/α-hetero) is 1. The Hall–Kier alpha value is -4.03. The lowest BCUT2D eigenvalue weighted by molar-refractivity contribution is -0.118. The number of nitrogens with zero attached hydrogens (tertiary/aromatic N) is 2. The van der Waals surface area contributed by atoms with Crippen molar-refractivity contribution in [1.82, 2.24) is 4.31 Å². The van der Waals surface area contributed by atoms with Gasteiger partial charge in [-0.15, -0.1) is 0 Å². The smallest absolute Gasteiger partial charge is 0.265 e. The Morgan fingerprint density at radius 2 is 1.39 bits per heavy atom. The Morgan fingerprint density at radius 3 is 2.00 bits per heavy atom. The van der Waals surface area contributed by atoms with Gasteiger partial charge < -0.3 is 0 Å². The van der Waals surface area contributed by atoms with Gasteiger partial charge in [-0.1, -0.05) is 96.6 Å². The molecule has 180 valence electrons. The molecule has 0 radical (unpaired) electrons. The van der Waals surface area contributed by atoms with Crippen molar-refractivity contribution in [2.45, 2.75) is 18.7 Å². The summed E-state index contributed by atoms with van der Waals surface area (Å²) in [4.78, 5) is 19.1. The van der Waals surface area contributed by atoms with Crippen molar-refractivity contribution in [2.24, 2.45) is 10.4 Å². The summed E-state index contributed by atoms with van der Waals surface area (Å²) < 4.78 is 28.8. The zero-order valence-corrected chi connectivity index (χ0v) is 21.2. The van der Waals surface area contributed by atoms with E-state index in [4.69, 9.17) is 4.99 Å². The third-order valence-electron chi connectivity index (χ3n) is 6.71. The van der Waals surface area contributed by atoms with E-state index in [0.29, 0.717) is 16.9 Å². The number of allylic oxidation sites excluding steroid dienone is 5. The summed E-state index contributed by atoms with van der Waals surface area (Å²) >= 11 is 0. The third kappa shape index (κ3) is 3.65. The third-order valence-corrected chi connectivity index (χ3v) is 8.47. The molecule has 3 aromatic carbocycles. The molecule has 5 rings (SSSR count). The first kappa shape index (κ1) is 23.7. The van der Waals surface area contributed by atoms with E-state index in [1.54, 1.807) is 37.3 Å². The molecular weight excluding hydrogens is 468 g/mol. The first-order valence-electron chi connectivity index (χ1n) is 11.7. The summed E-state index contributed by atoms with van der Waals surface area (Å²) in [6.07, 6.45) is 5.48. The van der Waals surface area contributed by atoms with Crippen LogP contribution in [-0.4, -0.2) is 31.3 Å². The van der Waals surface area contributed by atoms with Gasteiger partial charge in [-0.05, 0) is 42.7 Å². The second kappa shape index (κ2) is 8.88. The molecule has 5 nitrogen and oxygen atoms in total. The number of aliphatic imine (C=N–C) groups is 1. The van der Waals surface area contributed by atoms with Crippen molar-refractivity contribution in [3.63, 3.8) is 0 Å². The van der Waals surface area contributed by atoms with Gasteiger partial charge in [0, 0.05) is 12.6 Å². The van der Waals surface area contributed by atoms with E-state index in [0.717, 1.165) is 16.7 Å². The molecule has 0 saturated heterocycles. The van der Waals surface area contributed by atoms with Crippen molar-refractivity contribution >= 4 is 27.1 Å². The van der Waals surface area contributed by atoms with Crippen LogP contribution in [0.25, 0.3) is 5.57 Å². The topological polar surface area (TPSA) is 66.8 Å². The molecular formula is C30H26N2O3S. The molecule has 1 atom stereocenters. The molecule has 1 spiro atoms. The lowest BCUT2D eigenvalue weighted by Crippen LogP contribution is -2.39. The first-order valence-corrected chi connectivity index (χ1v) is 13.1. The number of hydrogen-bond donors (Lipinski definition) is 0. The molecule has 36 heavy (non-hydrogen) atoms. The Kier molecular flexibility index (Phi) is 5.85. The molecule has 2 aliphatic rings. The molecule has 0 aromatic heterocycles. The highest BCUT2D eigenvalue weighted by atomic mass is 32.2. The van der Waals surface area contributed by atoms with Crippen LogP contribution < -0.4 is 0 Å². The van der Waals surface area contributed by atoms with Crippen LogP contribution in [0.15, 0.2) is 124 Å². The summed E-state index contributed by atoms with van der Waals surface area (Å²) in [6.45, 7) is 3.69. The fraction of sp³-hybridized carbons (Fsp3) is 0.133. The Balaban J connectivity index is 1.81. The lowest BCUT2D eigenvalue weighted by Gasteiger charge is -2.32. The van der Waals surface area contributed by atoms with Crippen molar-refractivity contribution in [1.29, 1.82) is 0 Å². The number of rotatable bonds is 5. The van der Waals surface area contributed by atoms with Crippen molar-refractivity contribution < 1.29 is 13.2 Å². The molecule has 0 amide bonds. The van der Waals surface area contributed by atoms with Crippen LogP contribution in [0.4, 0.5) is 0 Å². The van der Waals surface area contributed by atoms with Gasteiger partial charge in [-0.3, -0.25) is 9.10 Å². The normalized spacial score (nSPS) is 19.5. The highest BCUT2D eigenvalue weighted by Gasteiger charge is 2.53. The summed E-state index contributed by atoms with van der Waals surface area (Å²) in [6, 6.07) is 25.6. The lowest BCUT2D eigenvalue weighted by atomic mass is 9.66. The van der Waals surface area contributed by atoms with E-state index in [-0.39, 0.29) is 16.5 Å². The summed E-state index contributed by atoms with van der Waals surface area (Å²) in [5.74, 6) is 0.107. The fourth-order valence-electron chi connectivity index (χ4n) is 4.79. The molecule has 1 aliphatic heterocycles. The highest BCUT2D eigenvalue weighted by molar-refractivity contribution is 7.89. The van der Waals surface area contributed by atoms with E-state index < -0.39 is 15.4 Å². The summed E-state index contributed by atoms with van der Waals surface area (Å²) in [5.41, 5.74) is 2.85. The van der Waals surface area contributed by atoms with Crippen LogP contribution in [0.1, 0.15) is 23.6 Å². The van der Waals surface area contributed by atoms with Crippen LogP contribution in [0.2, 0.25) is 0 Å². The molecule has 0 N–H and O–H groups in total. The van der Waals surface area contributed by atoms with E-state index in [9.17, 15) is 13.2 Å². The van der Waals surface area contributed by atoms with E-state index in [1.807, 2.05) is 79.7 Å². The minimum absolute atomic E-state index is 0.123. The van der Waals surface area contributed by atoms with Gasteiger partial charge in [0.15, 0.2) is 5.78 Å². The zero-order chi connectivity index (χ0) is 25.5. The number of carbonyl (C=O) groups is 1. The number of carbonyl (C=O) groups excluding carboxylic acids is 1. The molecule has 0 unspecified atom stereocenters. The van der Waals surface area contributed by atoms with Gasteiger partial charge in [-0.2, -0.15) is 0 Å². The quantitative estimate of drug-likeness (QED) is 0.466. The largest absolute Gasteiger partial charge is 0.293 e. The second-order valence-corrected chi connectivity index (χ2v) is 11.0. The molecule has 6 heteroatoms. The monoisotopic (exact) mass is 494 g/mol. The van der Waals surface area contributed by atoms with E-state index >= 15 is 0 Å². The number of sulfonamides is 1. The van der Waals surface area contributed by atoms with Crippen molar-refractivity contribution in [3.05, 3.63) is 131 Å². The van der Waals surface area contributed by atoms with Crippen LogP contribution in [0, 0.1) is 12.3 Å². The maximum atomic E-state index is 14.0. The maximum Gasteiger partial charge on any atom is 0.265 e. The van der Waals surface area contributed by atoms with Crippen LogP contribution in [-0.2, 0) is 14.8 Å². The number of hydrogen-bond acceptors (Lipinski definition) is 4. The summed E-state index contributed by atoms with van der Waals surface area (Å²) in [7, 11) is -2.46. The van der Waals surface area contributed by atoms with Gasteiger partial charge in [0.25, 0.3) is 10.0 Å². The predicted octanol–water partition coefficient (Wildman–Crippen LogP) is 5.56. The van der Waals surface area contributed by atoms with E-state index in [1.165, 1.54) is 11.4 Å². The fourth-order valence-corrected chi connectivity index (χ4v) is 5.94. The van der Waals surface area contributed by atoms with Gasteiger partial charge in [0.1, 0.15) is 11.2 Å². The highest BCUT2D eigenvalue weighted by Crippen LogP contribution is 2.51. The molecule has 0 fully saturated rings. The van der Waals surface area contributed by atoms with Crippen LogP contribution in [0.3, 0.4) is 0 Å². The van der Waals surface area contributed by atoms with Crippen molar-refractivity contribution in [3.8, 4) is 0 Å².